The van der Waals surface area contributed by atoms with Crippen LogP contribution >= 0.6 is 0 Å². The van der Waals surface area contributed by atoms with E-state index in [4.69, 9.17) is 4.74 Å². The number of hydrogen-bond acceptors (Lipinski definition) is 3. The first-order valence-corrected chi connectivity index (χ1v) is 7.60. The van der Waals surface area contributed by atoms with Gasteiger partial charge >= 0.3 is 0 Å². The van der Waals surface area contributed by atoms with Crippen molar-refractivity contribution in [1.82, 2.24) is 14.9 Å². The lowest BCUT2D eigenvalue weighted by molar-refractivity contribution is -0.123. The number of nitrogens with zero attached hydrogens (tertiary/aromatic N) is 2. The number of ether oxygens (including phenoxy) is 1. The number of halogens is 1. The van der Waals surface area contributed by atoms with E-state index in [-0.39, 0.29) is 18.3 Å². The molecule has 0 radical (unpaired) electrons. The Morgan fingerprint density at radius 2 is 2.00 bits per heavy atom. The maximum Gasteiger partial charge on any atom is 0.258 e. The summed E-state index contributed by atoms with van der Waals surface area (Å²) in [6.07, 6.45) is 0. The predicted octanol–water partition coefficient (Wildman–Crippen LogP) is 2.72. The third-order valence-electron chi connectivity index (χ3n) is 3.84. The number of carbonyl (C=O) groups is 1. The first-order chi connectivity index (χ1) is 11.5. The quantitative estimate of drug-likeness (QED) is 0.784. The zero-order valence-electron chi connectivity index (χ0n) is 13.5. The molecular formula is C18H18FN3O2. The van der Waals surface area contributed by atoms with Crippen molar-refractivity contribution in [3.63, 3.8) is 0 Å². The van der Waals surface area contributed by atoms with E-state index >= 15 is 0 Å². The fourth-order valence-electron chi connectivity index (χ4n) is 2.41. The Labute approximate surface area is 139 Å². The minimum atomic E-state index is -0.341. The number of fused-ring (bicyclic) bond motifs is 1. The van der Waals surface area contributed by atoms with Gasteiger partial charge in [-0.1, -0.05) is 6.07 Å². The molecule has 0 atom stereocenters. The van der Waals surface area contributed by atoms with Crippen molar-refractivity contribution < 1.29 is 13.9 Å². The molecule has 3 aromatic rings. The van der Waals surface area contributed by atoms with Crippen LogP contribution in [0.25, 0.3) is 11.0 Å². The lowest BCUT2D eigenvalue weighted by atomic mass is 10.2. The normalized spacial score (nSPS) is 10.8. The summed E-state index contributed by atoms with van der Waals surface area (Å²) in [4.78, 5) is 16.3. The summed E-state index contributed by atoms with van der Waals surface area (Å²) in [6.45, 7) is 2.24. The second kappa shape index (κ2) is 6.70. The molecule has 0 unspecified atom stereocenters. The van der Waals surface area contributed by atoms with Gasteiger partial charge in [-0.3, -0.25) is 4.79 Å². The average Bonchev–Trinajstić information content (AvgIpc) is 2.86. The molecule has 0 aliphatic heterocycles. The molecule has 0 saturated heterocycles. The van der Waals surface area contributed by atoms with Gasteiger partial charge in [-0.2, -0.15) is 0 Å². The zero-order valence-corrected chi connectivity index (χ0v) is 13.5. The van der Waals surface area contributed by atoms with Gasteiger partial charge in [0, 0.05) is 13.6 Å². The first-order valence-electron chi connectivity index (χ1n) is 7.60. The van der Waals surface area contributed by atoms with Gasteiger partial charge in [-0.25, -0.2) is 9.37 Å². The van der Waals surface area contributed by atoms with Crippen LogP contribution in [0.2, 0.25) is 0 Å². The SMILES string of the molecule is Cc1nc2cc(CNC(=O)COc3ccc(F)cc3)ccc2n1C. The summed E-state index contributed by atoms with van der Waals surface area (Å²) in [5.41, 5.74) is 2.93. The fourth-order valence-corrected chi connectivity index (χ4v) is 2.41. The number of amides is 1. The van der Waals surface area contributed by atoms with Gasteiger partial charge < -0.3 is 14.6 Å². The molecule has 0 aliphatic rings. The maximum atomic E-state index is 12.8. The number of aromatic nitrogens is 2. The van der Waals surface area contributed by atoms with Crippen molar-refractivity contribution >= 4 is 16.9 Å². The topological polar surface area (TPSA) is 56.1 Å². The van der Waals surface area contributed by atoms with Gasteiger partial charge in [0.1, 0.15) is 17.4 Å². The molecule has 2 aromatic carbocycles. The fraction of sp³-hybridized carbons (Fsp3) is 0.222. The lowest BCUT2D eigenvalue weighted by Gasteiger charge is -2.08. The number of imidazole rings is 1. The number of carbonyl (C=O) groups excluding carboxylic acids is 1. The van der Waals surface area contributed by atoms with Crippen LogP contribution in [0.15, 0.2) is 42.5 Å². The summed E-state index contributed by atoms with van der Waals surface area (Å²) in [6, 6.07) is 11.5. The Morgan fingerprint density at radius 3 is 2.75 bits per heavy atom. The largest absolute Gasteiger partial charge is 0.484 e. The highest BCUT2D eigenvalue weighted by Gasteiger charge is 2.07. The second-order valence-electron chi connectivity index (χ2n) is 5.56. The number of rotatable bonds is 5. The Hall–Kier alpha value is -2.89. The van der Waals surface area contributed by atoms with Gasteiger partial charge in [0.05, 0.1) is 11.0 Å². The zero-order chi connectivity index (χ0) is 17.1. The Bertz CT molecular complexity index is 872. The van der Waals surface area contributed by atoms with Gasteiger partial charge in [0.15, 0.2) is 6.61 Å². The third kappa shape index (κ3) is 3.53. The molecule has 1 heterocycles. The summed E-state index contributed by atoms with van der Waals surface area (Å²) in [7, 11) is 1.97. The van der Waals surface area contributed by atoms with Crippen molar-refractivity contribution in [2.75, 3.05) is 6.61 Å². The van der Waals surface area contributed by atoms with E-state index in [1.54, 1.807) is 0 Å². The molecule has 0 bridgehead atoms. The van der Waals surface area contributed by atoms with E-state index in [9.17, 15) is 9.18 Å². The summed E-state index contributed by atoms with van der Waals surface area (Å²) >= 11 is 0. The van der Waals surface area contributed by atoms with Crippen LogP contribution in [-0.2, 0) is 18.4 Å². The Balaban J connectivity index is 1.55. The van der Waals surface area contributed by atoms with E-state index in [0.29, 0.717) is 12.3 Å². The molecule has 1 N–H and O–H groups in total. The van der Waals surface area contributed by atoms with E-state index in [1.807, 2.05) is 36.7 Å². The molecule has 6 heteroatoms. The van der Waals surface area contributed by atoms with Crippen LogP contribution in [0.4, 0.5) is 4.39 Å². The van der Waals surface area contributed by atoms with Crippen molar-refractivity contribution in [3.8, 4) is 5.75 Å². The molecule has 5 nitrogen and oxygen atoms in total. The van der Waals surface area contributed by atoms with Crippen LogP contribution in [0.3, 0.4) is 0 Å². The lowest BCUT2D eigenvalue weighted by Crippen LogP contribution is -2.28. The number of hydrogen-bond donors (Lipinski definition) is 1. The first kappa shape index (κ1) is 16.0. The van der Waals surface area contributed by atoms with Crippen LogP contribution in [-0.4, -0.2) is 22.1 Å². The van der Waals surface area contributed by atoms with E-state index < -0.39 is 0 Å². The number of benzene rings is 2. The molecule has 0 aliphatic carbocycles. The summed E-state index contributed by atoms with van der Waals surface area (Å²) in [5.74, 6) is 0.819. The van der Waals surface area contributed by atoms with Crippen molar-refractivity contribution in [1.29, 1.82) is 0 Å². The standard InChI is InChI=1S/C18H18FN3O2/c1-12-21-16-9-13(3-8-17(16)22(12)2)10-20-18(23)11-24-15-6-4-14(19)5-7-15/h3-9H,10-11H2,1-2H3,(H,20,23). The smallest absolute Gasteiger partial charge is 0.258 e. The minimum absolute atomic E-state index is 0.115. The molecule has 3 rings (SSSR count). The predicted molar refractivity (Wildman–Crippen MR) is 89.2 cm³/mol. The van der Waals surface area contributed by atoms with Crippen LogP contribution < -0.4 is 10.1 Å². The Kier molecular flexibility index (Phi) is 4.46. The molecule has 1 amide bonds. The molecular weight excluding hydrogens is 309 g/mol. The van der Waals surface area contributed by atoms with E-state index in [2.05, 4.69) is 10.3 Å². The van der Waals surface area contributed by atoms with Gasteiger partial charge in [-0.15, -0.1) is 0 Å². The molecule has 0 spiro atoms. The third-order valence-corrected chi connectivity index (χ3v) is 3.84. The van der Waals surface area contributed by atoms with Crippen LogP contribution in [0.5, 0.6) is 5.75 Å². The monoisotopic (exact) mass is 327 g/mol. The molecule has 24 heavy (non-hydrogen) atoms. The van der Waals surface area contributed by atoms with E-state index in [1.165, 1.54) is 24.3 Å². The highest BCUT2D eigenvalue weighted by molar-refractivity contribution is 5.79. The van der Waals surface area contributed by atoms with Crippen molar-refractivity contribution in [2.24, 2.45) is 7.05 Å². The highest BCUT2D eigenvalue weighted by Crippen LogP contribution is 2.16. The van der Waals surface area contributed by atoms with Gasteiger partial charge in [-0.05, 0) is 48.9 Å². The van der Waals surface area contributed by atoms with Crippen LogP contribution in [0, 0.1) is 12.7 Å². The van der Waals surface area contributed by atoms with Crippen LogP contribution in [0.1, 0.15) is 11.4 Å². The molecule has 0 saturated carbocycles. The summed E-state index contributed by atoms with van der Waals surface area (Å²) in [5, 5.41) is 2.79. The van der Waals surface area contributed by atoms with Gasteiger partial charge in [0.25, 0.3) is 5.91 Å². The number of nitrogens with one attached hydrogen (secondary N) is 1. The van der Waals surface area contributed by atoms with Gasteiger partial charge in [0.2, 0.25) is 0 Å². The molecule has 1 aromatic heterocycles. The summed E-state index contributed by atoms with van der Waals surface area (Å²) < 4.78 is 20.1. The second-order valence-corrected chi connectivity index (χ2v) is 5.56. The molecule has 124 valence electrons. The maximum absolute atomic E-state index is 12.8. The van der Waals surface area contributed by atoms with Crippen molar-refractivity contribution in [2.45, 2.75) is 13.5 Å². The molecule has 0 fully saturated rings. The Morgan fingerprint density at radius 1 is 1.25 bits per heavy atom. The highest BCUT2D eigenvalue weighted by atomic mass is 19.1. The average molecular weight is 327 g/mol. The van der Waals surface area contributed by atoms with E-state index in [0.717, 1.165) is 22.4 Å². The van der Waals surface area contributed by atoms with Crippen molar-refractivity contribution in [3.05, 3.63) is 59.7 Å². The number of aryl methyl sites for hydroxylation is 2. The minimum Gasteiger partial charge on any atom is -0.484 e.